The first kappa shape index (κ1) is 13.3. The lowest BCUT2D eigenvalue weighted by atomic mass is 9.97. The predicted molar refractivity (Wildman–Crippen MR) is 75.2 cm³/mol. The highest BCUT2D eigenvalue weighted by atomic mass is 16.5. The summed E-state index contributed by atoms with van der Waals surface area (Å²) in [5.41, 5.74) is 4.44. The fourth-order valence-corrected chi connectivity index (χ4v) is 1.58. The molecule has 0 radical (unpaired) electrons. The number of hydrogen-bond acceptors (Lipinski definition) is 1. The van der Waals surface area contributed by atoms with Crippen LogP contribution in [0.4, 0.5) is 0 Å². The van der Waals surface area contributed by atoms with E-state index in [-0.39, 0.29) is 0 Å². The topological polar surface area (TPSA) is 9.23 Å². The lowest BCUT2D eigenvalue weighted by molar-refractivity contribution is 0.415. The largest absolute Gasteiger partial charge is 0.497 e. The molecule has 0 bridgehead atoms. The zero-order valence-corrected chi connectivity index (χ0v) is 10.9. The highest BCUT2D eigenvalue weighted by molar-refractivity contribution is 5.64. The van der Waals surface area contributed by atoms with Crippen molar-refractivity contribution < 1.29 is 4.74 Å². The summed E-state index contributed by atoms with van der Waals surface area (Å²) >= 11 is 0. The van der Waals surface area contributed by atoms with Crippen LogP contribution in [0.3, 0.4) is 0 Å². The van der Waals surface area contributed by atoms with Crippen molar-refractivity contribution in [3.8, 4) is 5.75 Å². The average molecular weight is 228 g/mol. The van der Waals surface area contributed by atoms with Crippen molar-refractivity contribution in [2.45, 2.75) is 20.3 Å². The van der Waals surface area contributed by atoms with E-state index in [9.17, 15) is 0 Å². The maximum absolute atomic E-state index is 5.13. The molecular weight excluding hydrogens is 208 g/mol. The maximum Gasteiger partial charge on any atom is 0.118 e. The van der Waals surface area contributed by atoms with E-state index >= 15 is 0 Å². The Balaban J connectivity index is 3.04. The maximum atomic E-state index is 5.13. The molecule has 0 saturated heterocycles. The van der Waals surface area contributed by atoms with Crippen molar-refractivity contribution in [1.29, 1.82) is 0 Å². The standard InChI is InChI=1S/C16H20O/c1-6-13(4)16(12(2)3)11-14-7-9-15(17-5)10-8-14/h7-11H,2,4,6H2,1,3,5H3/b16-11-. The highest BCUT2D eigenvalue weighted by Gasteiger charge is 2.02. The van der Waals surface area contributed by atoms with Gasteiger partial charge in [0.05, 0.1) is 7.11 Å². The van der Waals surface area contributed by atoms with Gasteiger partial charge in [-0.15, -0.1) is 0 Å². The zero-order chi connectivity index (χ0) is 12.8. The molecule has 17 heavy (non-hydrogen) atoms. The van der Waals surface area contributed by atoms with Gasteiger partial charge in [-0.25, -0.2) is 0 Å². The first-order chi connectivity index (χ1) is 8.08. The smallest absolute Gasteiger partial charge is 0.118 e. The van der Waals surface area contributed by atoms with Crippen LogP contribution in [0.5, 0.6) is 5.75 Å². The fraction of sp³-hybridized carbons (Fsp3) is 0.250. The second-order valence-corrected chi connectivity index (χ2v) is 4.07. The summed E-state index contributed by atoms with van der Waals surface area (Å²) in [6, 6.07) is 7.97. The highest BCUT2D eigenvalue weighted by Crippen LogP contribution is 2.23. The summed E-state index contributed by atoms with van der Waals surface area (Å²) in [5.74, 6) is 0.869. The minimum Gasteiger partial charge on any atom is -0.497 e. The molecule has 0 unspecified atom stereocenters. The van der Waals surface area contributed by atoms with Gasteiger partial charge in [-0.3, -0.25) is 0 Å². The Morgan fingerprint density at radius 1 is 1.24 bits per heavy atom. The van der Waals surface area contributed by atoms with Gasteiger partial charge < -0.3 is 4.74 Å². The van der Waals surface area contributed by atoms with Crippen molar-refractivity contribution in [3.63, 3.8) is 0 Å². The number of ether oxygens (including phenoxy) is 1. The molecule has 0 aliphatic carbocycles. The van der Waals surface area contributed by atoms with Gasteiger partial charge in [-0.2, -0.15) is 0 Å². The summed E-state index contributed by atoms with van der Waals surface area (Å²) in [6.45, 7) is 12.2. The minimum atomic E-state index is 0.869. The van der Waals surface area contributed by atoms with E-state index < -0.39 is 0 Å². The lowest BCUT2D eigenvalue weighted by Gasteiger charge is -2.09. The van der Waals surface area contributed by atoms with Gasteiger partial charge in [0.25, 0.3) is 0 Å². The van der Waals surface area contributed by atoms with E-state index in [1.54, 1.807) is 7.11 Å². The van der Waals surface area contributed by atoms with Crippen LogP contribution in [0, 0.1) is 0 Å². The molecule has 1 aromatic rings. The molecule has 0 fully saturated rings. The Morgan fingerprint density at radius 3 is 2.24 bits per heavy atom. The molecule has 1 rings (SSSR count). The Kier molecular flexibility index (Phi) is 4.77. The Hall–Kier alpha value is -1.76. The van der Waals surface area contributed by atoms with Crippen molar-refractivity contribution in [1.82, 2.24) is 0 Å². The summed E-state index contributed by atoms with van der Waals surface area (Å²) < 4.78 is 5.13. The molecule has 1 heteroatoms. The summed E-state index contributed by atoms with van der Waals surface area (Å²) in [7, 11) is 1.67. The number of benzene rings is 1. The number of allylic oxidation sites excluding steroid dienone is 3. The third kappa shape index (κ3) is 3.63. The van der Waals surface area contributed by atoms with E-state index in [1.165, 1.54) is 0 Å². The van der Waals surface area contributed by atoms with Gasteiger partial charge >= 0.3 is 0 Å². The number of rotatable bonds is 5. The van der Waals surface area contributed by atoms with Crippen molar-refractivity contribution >= 4 is 6.08 Å². The molecule has 0 saturated carbocycles. The monoisotopic (exact) mass is 228 g/mol. The number of methoxy groups -OCH3 is 1. The third-order valence-electron chi connectivity index (χ3n) is 2.69. The second kappa shape index (κ2) is 6.09. The molecule has 0 spiro atoms. The predicted octanol–water partition coefficient (Wildman–Crippen LogP) is 4.62. The second-order valence-electron chi connectivity index (χ2n) is 4.07. The summed E-state index contributed by atoms with van der Waals surface area (Å²) in [5, 5.41) is 0. The first-order valence-corrected chi connectivity index (χ1v) is 5.78. The van der Waals surface area contributed by atoms with Crippen molar-refractivity contribution in [3.05, 3.63) is 59.7 Å². The van der Waals surface area contributed by atoms with E-state index in [0.29, 0.717) is 0 Å². The Morgan fingerprint density at radius 2 is 1.82 bits per heavy atom. The third-order valence-corrected chi connectivity index (χ3v) is 2.69. The van der Waals surface area contributed by atoms with Crippen LogP contribution < -0.4 is 4.74 Å². The Bertz CT molecular complexity index is 435. The first-order valence-electron chi connectivity index (χ1n) is 5.78. The van der Waals surface area contributed by atoms with Gasteiger partial charge in [0.15, 0.2) is 0 Å². The average Bonchev–Trinajstić information content (AvgIpc) is 2.35. The fourth-order valence-electron chi connectivity index (χ4n) is 1.58. The van der Waals surface area contributed by atoms with Gasteiger partial charge in [0, 0.05) is 0 Å². The van der Waals surface area contributed by atoms with E-state index in [0.717, 1.165) is 34.5 Å². The molecule has 0 aliphatic heterocycles. The summed E-state index contributed by atoms with van der Waals surface area (Å²) in [4.78, 5) is 0. The van der Waals surface area contributed by atoms with Crippen LogP contribution in [0.2, 0.25) is 0 Å². The molecule has 0 aromatic heterocycles. The van der Waals surface area contributed by atoms with E-state index in [2.05, 4.69) is 26.2 Å². The molecule has 0 N–H and O–H groups in total. The quantitative estimate of drug-likeness (QED) is 0.668. The lowest BCUT2D eigenvalue weighted by Crippen LogP contribution is -1.89. The molecule has 0 amide bonds. The van der Waals surface area contributed by atoms with Crippen LogP contribution in [-0.4, -0.2) is 7.11 Å². The molecule has 1 nitrogen and oxygen atoms in total. The van der Waals surface area contributed by atoms with Crippen molar-refractivity contribution in [2.24, 2.45) is 0 Å². The molecule has 90 valence electrons. The van der Waals surface area contributed by atoms with Gasteiger partial charge in [-0.1, -0.05) is 37.8 Å². The van der Waals surface area contributed by atoms with Gasteiger partial charge in [0.2, 0.25) is 0 Å². The molecule has 0 aliphatic rings. The van der Waals surface area contributed by atoms with Crippen molar-refractivity contribution in [2.75, 3.05) is 7.11 Å². The van der Waals surface area contributed by atoms with Gasteiger partial charge in [-0.05, 0) is 48.3 Å². The molecule has 1 aromatic carbocycles. The van der Waals surface area contributed by atoms with Crippen LogP contribution in [0.15, 0.2) is 54.1 Å². The summed E-state index contributed by atoms with van der Waals surface area (Å²) in [6.07, 6.45) is 3.06. The van der Waals surface area contributed by atoms with Crippen LogP contribution in [0.25, 0.3) is 6.08 Å². The van der Waals surface area contributed by atoms with E-state index in [4.69, 9.17) is 4.74 Å². The zero-order valence-electron chi connectivity index (χ0n) is 10.9. The Labute approximate surface area is 104 Å². The van der Waals surface area contributed by atoms with Crippen LogP contribution in [-0.2, 0) is 0 Å². The van der Waals surface area contributed by atoms with Crippen LogP contribution in [0.1, 0.15) is 25.8 Å². The van der Waals surface area contributed by atoms with E-state index in [1.807, 2.05) is 31.2 Å². The molecule has 0 atom stereocenters. The molecule has 0 heterocycles. The SMILES string of the molecule is C=C(C)/C(=C/c1ccc(OC)cc1)C(=C)CC. The molecular formula is C16H20O. The normalized spacial score (nSPS) is 11.1. The number of hydrogen-bond donors (Lipinski definition) is 0. The minimum absolute atomic E-state index is 0.869. The van der Waals surface area contributed by atoms with Gasteiger partial charge in [0.1, 0.15) is 5.75 Å². The van der Waals surface area contributed by atoms with Crippen LogP contribution >= 0.6 is 0 Å².